The predicted molar refractivity (Wildman–Crippen MR) is 127 cm³/mol. The van der Waals surface area contributed by atoms with E-state index < -0.39 is 0 Å². The van der Waals surface area contributed by atoms with Gasteiger partial charge in [-0.15, -0.1) is 6.42 Å². The molecule has 1 saturated heterocycles. The smallest absolute Gasteiger partial charge is 0.294 e. The number of ether oxygens (including phenoxy) is 1. The maximum absolute atomic E-state index is 13.8. The second kappa shape index (κ2) is 9.39. The van der Waals surface area contributed by atoms with Gasteiger partial charge in [0.15, 0.2) is 0 Å². The van der Waals surface area contributed by atoms with Crippen LogP contribution in [-0.2, 0) is 11.4 Å². The Hall–Kier alpha value is -3.76. The van der Waals surface area contributed by atoms with Crippen LogP contribution >= 0.6 is 11.8 Å². The summed E-state index contributed by atoms with van der Waals surface area (Å²) in [5.41, 5.74) is 4.16. The number of thioether (sulfide) groups is 1. The van der Waals surface area contributed by atoms with Gasteiger partial charge in [-0.2, -0.15) is 0 Å². The third-order valence-electron chi connectivity index (χ3n) is 5.33. The van der Waals surface area contributed by atoms with Crippen molar-refractivity contribution in [3.8, 4) is 23.8 Å². The van der Waals surface area contributed by atoms with Gasteiger partial charge in [0.2, 0.25) is 0 Å². The number of nitrogens with zero attached hydrogens (tertiary/aromatic N) is 2. The summed E-state index contributed by atoms with van der Waals surface area (Å²) in [5.74, 6) is 2.30. The lowest BCUT2D eigenvalue weighted by molar-refractivity contribution is -0.122. The highest BCUT2D eigenvalue weighted by molar-refractivity contribution is 8.18. The van der Waals surface area contributed by atoms with Crippen molar-refractivity contribution in [2.75, 3.05) is 6.54 Å². The molecule has 0 aliphatic carbocycles. The number of carbonyl (C=O) groups is 2. The van der Waals surface area contributed by atoms with Crippen LogP contribution in [0.25, 0.3) is 11.8 Å². The predicted octanol–water partition coefficient (Wildman–Crippen LogP) is 5.48. The average molecular weight is 461 g/mol. The molecule has 33 heavy (non-hydrogen) atoms. The van der Waals surface area contributed by atoms with E-state index in [4.69, 9.17) is 11.2 Å². The first-order valence-corrected chi connectivity index (χ1v) is 11.0. The molecule has 1 aromatic heterocycles. The fourth-order valence-corrected chi connectivity index (χ4v) is 4.50. The van der Waals surface area contributed by atoms with Gasteiger partial charge in [-0.25, -0.2) is 4.39 Å². The van der Waals surface area contributed by atoms with E-state index in [1.54, 1.807) is 24.3 Å². The van der Waals surface area contributed by atoms with E-state index in [0.29, 0.717) is 16.2 Å². The molecule has 0 unspecified atom stereocenters. The molecule has 1 aliphatic rings. The minimum absolute atomic E-state index is 0.0354. The van der Waals surface area contributed by atoms with Gasteiger partial charge in [-0.05, 0) is 73.6 Å². The number of benzene rings is 2. The minimum atomic E-state index is -0.371. The van der Waals surface area contributed by atoms with Crippen LogP contribution in [0.3, 0.4) is 0 Å². The SMILES string of the molecule is C#CCN1C(=O)S/C(=C\c2cc(C)n(-c3ccc(OCc4ccccc4F)cc3)c2C)C1=O. The highest BCUT2D eigenvalue weighted by atomic mass is 32.2. The van der Waals surface area contributed by atoms with Crippen LogP contribution in [0.5, 0.6) is 5.75 Å². The Morgan fingerprint density at radius 3 is 2.55 bits per heavy atom. The number of aryl methyl sites for hydroxylation is 1. The molecule has 2 amide bonds. The molecule has 166 valence electrons. The zero-order chi connectivity index (χ0) is 23.5. The summed E-state index contributed by atoms with van der Waals surface area (Å²) in [5, 5.41) is -0.357. The fraction of sp³-hybridized carbons (Fsp3) is 0.154. The third kappa shape index (κ3) is 4.57. The number of rotatable bonds is 6. The van der Waals surface area contributed by atoms with E-state index >= 15 is 0 Å². The van der Waals surface area contributed by atoms with E-state index in [2.05, 4.69) is 10.5 Å². The summed E-state index contributed by atoms with van der Waals surface area (Å²) >= 11 is 0.893. The van der Waals surface area contributed by atoms with E-state index in [9.17, 15) is 14.0 Å². The Kier molecular flexibility index (Phi) is 6.38. The summed E-state index contributed by atoms with van der Waals surface area (Å²) < 4.78 is 21.6. The van der Waals surface area contributed by atoms with Crippen molar-refractivity contribution in [3.05, 3.63) is 87.8 Å². The maximum atomic E-state index is 13.8. The van der Waals surface area contributed by atoms with E-state index in [1.165, 1.54) is 6.07 Å². The zero-order valence-electron chi connectivity index (χ0n) is 18.2. The number of aromatic nitrogens is 1. The lowest BCUT2D eigenvalue weighted by atomic mass is 10.2. The van der Waals surface area contributed by atoms with Crippen LogP contribution < -0.4 is 4.74 Å². The zero-order valence-corrected chi connectivity index (χ0v) is 19.0. The van der Waals surface area contributed by atoms with Crippen molar-refractivity contribution in [2.24, 2.45) is 0 Å². The van der Waals surface area contributed by atoms with Gasteiger partial charge in [0.25, 0.3) is 11.1 Å². The third-order valence-corrected chi connectivity index (χ3v) is 6.23. The lowest BCUT2D eigenvalue weighted by Gasteiger charge is -2.12. The fourth-order valence-electron chi connectivity index (χ4n) is 3.67. The van der Waals surface area contributed by atoms with E-state index in [-0.39, 0.29) is 30.1 Å². The summed E-state index contributed by atoms with van der Waals surface area (Å²) in [4.78, 5) is 25.9. The Morgan fingerprint density at radius 1 is 1.12 bits per heavy atom. The minimum Gasteiger partial charge on any atom is -0.489 e. The van der Waals surface area contributed by atoms with Gasteiger partial charge >= 0.3 is 0 Å². The molecular weight excluding hydrogens is 439 g/mol. The van der Waals surface area contributed by atoms with Gasteiger partial charge in [0, 0.05) is 22.6 Å². The van der Waals surface area contributed by atoms with E-state index in [0.717, 1.165) is 39.3 Å². The molecule has 0 saturated carbocycles. The molecule has 1 aliphatic heterocycles. The first-order valence-electron chi connectivity index (χ1n) is 10.2. The molecule has 0 radical (unpaired) electrons. The quantitative estimate of drug-likeness (QED) is 0.361. The molecule has 7 heteroatoms. The van der Waals surface area contributed by atoms with Crippen molar-refractivity contribution in [1.82, 2.24) is 9.47 Å². The average Bonchev–Trinajstić information content (AvgIpc) is 3.23. The maximum Gasteiger partial charge on any atom is 0.294 e. The second-order valence-electron chi connectivity index (χ2n) is 7.51. The summed E-state index contributed by atoms with van der Waals surface area (Å²) in [7, 11) is 0. The van der Waals surface area contributed by atoms with Crippen LogP contribution in [0.2, 0.25) is 0 Å². The van der Waals surface area contributed by atoms with Gasteiger partial charge < -0.3 is 9.30 Å². The van der Waals surface area contributed by atoms with Gasteiger partial charge in [-0.3, -0.25) is 14.5 Å². The molecule has 5 nitrogen and oxygen atoms in total. The van der Waals surface area contributed by atoms with Crippen LogP contribution in [0.4, 0.5) is 9.18 Å². The van der Waals surface area contributed by atoms with Crippen LogP contribution in [0.15, 0.2) is 59.5 Å². The summed E-state index contributed by atoms with van der Waals surface area (Å²) in [6.45, 7) is 4.03. The monoisotopic (exact) mass is 460 g/mol. The molecule has 1 fully saturated rings. The molecule has 2 aromatic carbocycles. The Bertz CT molecular complexity index is 1300. The Balaban J connectivity index is 1.54. The number of hydrogen-bond donors (Lipinski definition) is 0. The number of amides is 2. The summed E-state index contributed by atoms with van der Waals surface area (Å²) in [6, 6.07) is 16.0. The first kappa shape index (κ1) is 22.4. The van der Waals surface area contributed by atoms with Crippen molar-refractivity contribution >= 4 is 29.0 Å². The summed E-state index contributed by atoms with van der Waals surface area (Å²) in [6.07, 6.45) is 6.98. The largest absolute Gasteiger partial charge is 0.489 e. The lowest BCUT2D eigenvalue weighted by Crippen LogP contribution is -2.28. The molecule has 0 atom stereocenters. The number of hydrogen-bond acceptors (Lipinski definition) is 4. The van der Waals surface area contributed by atoms with Crippen LogP contribution in [0, 0.1) is 32.0 Å². The highest BCUT2D eigenvalue weighted by Crippen LogP contribution is 2.33. The van der Waals surface area contributed by atoms with Crippen molar-refractivity contribution in [2.45, 2.75) is 20.5 Å². The number of imide groups is 1. The topological polar surface area (TPSA) is 51.5 Å². The highest BCUT2D eigenvalue weighted by Gasteiger charge is 2.34. The van der Waals surface area contributed by atoms with Crippen molar-refractivity contribution in [3.63, 3.8) is 0 Å². The molecule has 0 N–H and O–H groups in total. The first-order chi connectivity index (χ1) is 15.9. The molecule has 0 bridgehead atoms. The molecule has 0 spiro atoms. The molecular formula is C26H21FN2O3S. The standard InChI is InChI=1S/C26H21FN2O3S/c1-4-13-28-25(30)24(33-26(28)31)15-20-14-17(2)29(18(20)3)21-9-11-22(12-10-21)32-16-19-7-5-6-8-23(19)27/h1,5-12,14-15H,13,16H2,2-3H3/b24-15-. The van der Waals surface area contributed by atoms with E-state index in [1.807, 2.05) is 44.2 Å². The molecule has 3 aromatic rings. The Morgan fingerprint density at radius 2 is 1.85 bits per heavy atom. The normalized spacial score (nSPS) is 14.7. The van der Waals surface area contributed by atoms with Crippen molar-refractivity contribution < 1.29 is 18.7 Å². The van der Waals surface area contributed by atoms with Gasteiger partial charge in [0.05, 0.1) is 11.4 Å². The second-order valence-corrected chi connectivity index (χ2v) is 8.50. The number of halogens is 1. The number of terminal acetylenes is 1. The van der Waals surface area contributed by atoms with Crippen LogP contribution in [-0.4, -0.2) is 27.2 Å². The van der Waals surface area contributed by atoms with Gasteiger partial charge in [-0.1, -0.05) is 24.1 Å². The molecule has 4 rings (SSSR count). The number of carbonyl (C=O) groups excluding carboxylic acids is 2. The van der Waals surface area contributed by atoms with Gasteiger partial charge in [0.1, 0.15) is 18.2 Å². The van der Waals surface area contributed by atoms with Crippen molar-refractivity contribution in [1.29, 1.82) is 0 Å². The molecule has 2 heterocycles. The Labute approximate surface area is 195 Å². The van der Waals surface area contributed by atoms with Crippen LogP contribution in [0.1, 0.15) is 22.5 Å².